The van der Waals surface area contributed by atoms with Crippen molar-refractivity contribution in [2.24, 2.45) is 0 Å². The van der Waals surface area contributed by atoms with Crippen LogP contribution in [0.15, 0.2) is 41.4 Å². The summed E-state index contributed by atoms with van der Waals surface area (Å²) < 4.78 is 39.6. The smallest absolute Gasteiger partial charge is 0.266 e. The second kappa shape index (κ2) is 5.91. The van der Waals surface area contributed by atoms with Gasteiger partial charge in [0.25, 0.3) is 15.9 Å². The molecule has 0 aliphatic heterocycles. The van der Waals surface area contributed by atoms with Crippen molar-refractivity contribution in [2.45, 2.75) is 11.8 Å². The lowest BCUT2D eigenvalue weighted by molar-refractivity contribution is 0.0976. The Labute approximate surface area is 126 Å². The Bertz CT molecular complexity index is 888. The second-order valence-corrected chi connectivity index (χ2v) is 5.98. The van der Waals surface area contributed by atoms with Crippen molar-refractivity contribution in [2.75, 3.05) is 0 Å². The first-order valence-electron chi connectivity index (χ1n) is 6.04. The highest BCUT2D eigenvalue weighted by Crippen LogP contribution is 2.18. The van der Waals surface area contributed by atoms with E-state index in [9.17, 15) is 17.6 Å². The first-order chi connectivity index (χ1) is 10.4. The molecule has 0 aliphatic carbocycles. The number of aromatic nitrogens is 1. The molecule has 2 rings (SSSR count). The number of rotatable bonds is 3. The van der Waals surface area contributed by atoms with E-state index in [2.05, 4.69) is 4.98 Å². The minimum Gasteiger partial charge on any atom is -0.266 e. The minimum absolute atomic E-state index is 0.0685. The molecule has 112 valence electrons. The fourth-order valence-electron chi connectivity index (χ4n) is 1.79. The summed E-state index contributed by atoms with van der Waals surface area (Å²) in [6.45, 7) is 1.59. The SMILES string of the molecule is Cc1cccnc1C(=O)NS(=O)(=O)c1cccc(F)c1C#N. The number of hydrogen-bond acceptors (Lipinski definition) is 5. The monoisotopic (exact) mass is 319 g/mol. The summed E-state index contributed by atoms with van der Waals surface area (Å²) in [6, 6.07) is 7.81. The third-order valence-corrected chi connectivity index (χ3v) is 4.20. The molecule has 0 aliphatic rings. The van der Waals surface area contributed by atoms with E-state index in [0.29, 0.717) is 5.56 Å². The highest BCUT2D eigenvalue weighted by Gasteiger charge is 2.25. The van der Waals surface area contributed by atoms with Gasteiger partial charge in [-0.3, -0.25) is 9.78 Å². The van der Waals surface area contributed by atoms with E-state index in [1.54, 1.807) is 23.8 Å². The number of nitrogens with one attached hydrogen (secondary N) is 1. The molecule has 2 aromatic rings. The maximum atomic E-state index is 13.5. The number of nitrogens with zero attached hydrogens (tertiary/aromatic N) is 2. The number of nitriles is 1. The maximum absolute atomic E-state index is 13.5. The number of hydrogen-bond donors (Lipinski definition) is 1. The topological polar surface area (TPSA) is 99.9 Å². The van der Waals surface area contributed by atoms with E-state index in [4.69, 9.17) is 5.26 Å². The zero-order valence-corrected chi connectivity index (χ0v) is 12.2. The zero-order chi connectivity index (χ0) is 16.3. The molecule has 1 aromatic carbocycles. The summed E-state index contributed by atoms with van der Waals surface area (Å²) in [4.78, 5) is 15.2. The van der Waals surface area contributed by atoms with Crippen LogP contribution in [0, 0.1) is 24.1 Å². The molecule has 22 heavy (non-hydrogen) atoms. The minimum atomic E-state index is -4.39. The molecular weight excluding hydrogens is 309 g/mol. The molecule has 1 heterocycles. The summed E-state index contributed by atoms with van der Waals surface area (Å²) >= 11 is 0. The number of aryl methyl sites for hydroxylation is 1. The van der Waals surface area contributed by atoms with Crippen molar-refractivity contribution in [1.29, 1.82) is 5.26 Å². The fraction of sp³-hybridized carbons (Fsp3) is 0.0714. The fourth-order valence-corrected chi connectivity index (χ4v) is 2.91. The van der Waals surface area contributed by atoms with Crippen molar-refractivity contribution in [3.63, 3.8) is 0 Å². The van der Waals surface area contributed by atoms with E-state index >= 15 is 0 Å². The van der Waals surface area contributed by atoms with Gasteiger partial charge in [0.1, 0.15) is 28.0 Å². The third kappa shape index (κ3) is 2.94. The summed E-state index contributed by atoms with van der Waals surface area (Å²) in [7, 11) is -4.39. The number of carbonyl (C=O) groups is 1. The van der Waals surface area contributed by atoms with E-state index < -0.39 is 32.2 Å². The van der Waals surface area contributed by atoms with Crippen LogP contribution in [0.3, 0.4) is 0 Å². The third-order valence-electron chi connectivity index (χ3n) is 2.83. The van der Waals surface area contributed by atoms with Crippen LogP contribution in [0.25, 0.3) is 0 Å². The van der Waals surface area contributed by atoms with Crippen LogP contribution < -0.4 is 4.72 Å². The van der Waals surface area contributed by atoms with E-state index in [1.807, 2.05) is 0 Å². The summed E-state index contributed by atoms with van der Waals surface area (Å²) in [5.74, 6) is -1.93. The number of carbonyl (C=O) groups excluding carboxylic acids is 1. The van der Waals surface area contributed by atoms with Gasteiger partial charge < -0.3 is 0 Å². The van der Waals surface area contributed by atoms with Gasteiger partial charge in [-0.1, -0.05) is 12.1 Å². The van der Waals surface area contributed by atoms with Crippen LogP contribution in [0.1, 0.15) is 21.6 Å². The Balaban J connectivity index is 2.42. The number of amides is 1. The predicted molar refractivity (Wildman–Crippen MR) is 74.7 cm³/mol. The van der Waals surface area contributed by atoms with E-state index in [-0.39, 0.29) is 5.69 Å². The molecule has 1 amide bonds. The predicted octanol–water partition coefficient (Wildman–Crippen LogP) is 1.52. The van der Waals surface area contributed by atoms with Gasteiger partial charge in [-0.15, -0.1) is 0 Å². The van der Waals surface area contributed by atoms with Crippen LogP contribution in [0.2, 0.25) is 0 Å². The number of benzene rings is 1. The molecule has 1 N–H and O–H groups in total. The Morgan fingerprint density at radius 1 is 1.32 bits per heavy atom. The van der Waals surface area contributed by atoms with Crippen LogP contribution in [0.5, 0.6) is 0 Å². The van der Waals surface area contributed by atoms with Crippen molar-refractivity contribution >= 4 is 15.9 Å². The molecule has 0 fully saturated rings. The summed E-state index contributed by atoms with van der Waals surface area (Å²) in [5, 5.41) is 8.88. The summed E-state index contributed by atoms with van der Waals surface area (Å²) in [5.41, 5.74) is -0.239. The molecule has 8 heteroatoms. The number of sulfonamides is 1. The van der Waals surface area contributed by atoms with Gasteiger partial charge in [0.05, 0.1) is 0 Å². The largest absolute Gasteiger partial charge is 0.283 e. The molecule has 0 bridgehead atoms. The average molecular weight is 319 g/mol. The molecule has 0 radical (unpaired) electrons. The summed E-state index contributed by atoms with van der Waals surface area (Å²) in [6.07, 6.45) is 1.34. The molecule has 0 spiro atoms. The van der Waals surface area contributed by atoms with Gasteiger partial charge in [0.15, 0.2) is 0 Å². The van der Waals surface area contributed by atoms with Gasteiger partial charge in [0, 0.05) is 6.20 Å². The lowest BCUT2D eigenvalue weighted by atomic mass is 10.2. The first-order valence-corrected chi connectivity index (χ1v) is 7.52. The van der Waals surface area contributed by atoms with Gasteiger partial charge in [-0.25, -0.2) is 17.5 Å². The standard InChI is InChI=1S/C14H10FN3O3S/c1-9-4-3-7-17-13(9)14(19)18-22(20,21)12-6-2-5-11(15)10(12)8-16/h2-7H,1H3,(H,18,19). The van der Waals surface area contributed by atoms with Crippen LogP contribution in [0.4, 0.5) is 4.39 Å². The molecular formula is C14H10FN3O3S. The van der Waals surface area contributed by atoms with Gasteiger partial charge in [-0.05, 0) is 30.7 Å². The van der Waals surface area contributed by atoms with Gasteiger partial charge in [-0.2, -0.15) is 5.26 Å². The normalized spacial score (nSPS) is 10.8. The first kappa shape index (κ1) is 15.6. The molecule has 1 aromatic heterocycles. The highest BCUT2D eigenvalue weighted by atomic mass is 32.2. The van der Waals surface area contributed by atoms with Crippen molar-refractivity contribution in [3.8, 4) is 6.07 Å². The Morgan fingerprint density at radius 2 is 2.05 bits per heavy atom. The van der Waals surface area contributed by atoms with Gasteiger partial charge >= 0.3 is 0 Å². The van der Waals surface area contributed by atoms with Crippen molar-refractivity contribution in [1.82, 2.24) is 9.71 Å². The molecule has 0 atom stereocenters. The van der Waals surface area contributed by atoms with E-state index in [1.165, 1.54) is 12.3 Å². The van der Waals surface area contributed by atoms with Crippen molar-refractivity contribution in [3.05, 3.63) is 59.2 Å². The Morgan fingerprint density at radius 3 is 2.68 bits per heavy atom. The van der Waals surface area contributed by atoms with Gasteiger partial charge in [0.2, 0.25) is 0 Å². The number of halogens is 1. The maximum Gasteiger partial charge on any atom is 0.283 e. The second-order valence-electron chi connectivity index (χ2n) is 4.33. The zero-order valence-electron chi connectivity index (χ0n) is 11.4. The average Bonchev–Trinajstić information content (AvgIpc) is 2.46. The van der Waals surface area contributed by atoms with Crippen LogP contribution in [-0.2, 0) is 10.0 Å². The lowest BCUT2D eigenvalue weighted by Crippen LogP contribution is -2.32. The highest BCUT2D eigenvalue weighted by molar-refractivity contribution is 7.90. The molecule has 0 unspecified atom stereocenters. The molecule has 6 nitrogen and oxygen atoms in total. The van der Waals surface area contributed by atoms with Crippen LogP contribution in [-0.4, -0.2) is 19.3 Å². The van der Waals surface area contributed by atoms with Crippen molar-refractivity contribution < 1.29 is 17.6 Å². The molecule has 0 saturated heterocycles. The lowest BCUT2D eigenvalue weighted by Gasteiger charge is -2.09. The quantitative estimate of drug-likeness (QED) is 0.924. The Kier molecular flexibility index (Phi) is 4.19. The Hall–Kier alpha value is -2.79. The van der Waals surface area contributed by atoms with Crippen LogP contribution >= 0.6 is 0 Å². The number of pyridine rings is 1. The van der Waals surface area contributed by atoms with E-state index in [0.717, 1.165) is 18.2 Å². The molecule has 0 saturated carbocycles.